The van der Waals surface area contributed by atoms with Gasteiger partial charge in [-0.2, -0.15) is 0 Å². The molecule has 3 heterocycles. The number of hydrogen-bond donors (Lipinski definition) is 0. The lowest BCUT2D eigenvalue weighted by molar-refractivity contribution is -0.154. The molecule has 0 aromatic rings. The van der Waals surface area contributed by atoms with E-state index in [1.165, 1.54) is 20.3 Å². The highest BCUT2D eigenvalue weighted by molar-refractivity contribution is 5.82. The zero-order valence-electron chi connectivity index (χ0n) is 25.8. The van der Waals surface area contributed by atoms with Crippen LogP contribution in [0.25, 0.3) is 0 Å². The monoisotopic (exact) mass is 584 g/mol. The molecule has 8 nitrogen and oxygen atoms in total. The average Bonchev–Trinajstić information content (AvgIpc) is 2.94. The van der Waals surface area contributed by atoms with Crippen LogP contribution >= 0.6 is 0 Å². The summed E-state index contributed by atoms with van der Waals surface area (Å²) in [5.74, 6) is -0.764. The average molecular weight is 585 g/mol. The molecular formula is C34H48O8. The van der Waals surface area contributed by atoms with Crippen LogP contribution in [-0.4, -0.2) is 62.6 Å². The van der Waals surface area contributed by atoms with Crippen molar-refractivity contribution in [1.82, 2.24) is 0 Å². The maximum absolute atomic E-state index is 13.2. The number of rotatable bonds is 6. The van der Waals surface area contributed by atoms with Crippen LogP contribution in [0.5, 0.6) is 0 Å². The predicted octanol–water partition coefficient (Wildman–Crippen LogP) is 6.12. The first-order chi connectivity index (χ1) is 20.1. The van der Waals surface area contributed by atoms with Crippen LogP contribution < -0.4 is 0 Å². The third-order valence-electron chi connectivity index (χ3n) is 7.96. The van der Waals surface area contributed by atoms with Crippen LogP contribution in [0.3, 0.4) is 0 Å². The van der Waals surface area contributed by atoms with Crippen molar-refractivity contribution < 1.29 is 38.1 Å². The Hall–Kier alpha value is -2.97. The molecule has 7 atom stereocenters. The fraction of sp³-hybridized carbons (Fsp3) is 0.618. The van der Waals surface area contributed by atoms with Gasteiger partial charge in [-0.3, -0.25) is 9.59 Å². The van der Waals surface area contributed by atoms with E-state index in [2.05, 4.69) is 19.1 Å². The maximum atomic E-state index is 13.2. The molecule has 0 aromatic carbocycles. The molecule has 3 aliphatic heterocycles. The number of cyclic esters (lactones) is 1. The summed E-state index contributed by atoms with van der Waals surface area (Å²) in [6.45, 7) is 6.10. The predicted molar refractivity (Wildman–Crippen MR) is 160 cm³/mol. The molecule has 2 saturated heterocycles. The van der Waals surface area contributed by atoms with Gasteiger partial charge in [0.2, 0.25) is 0 Å². The molecule has 4 bridgehead atoms. The SMILES string of the molecule is COC(=O)/C=C1\CC2CC(=O)OC(/C=C/C=C\C=C(\C)CC(=O)OC)C(C)/C=C/C(C)CC3CCCC(CC(C1)O2)O3. The second kappa shape index (κ2) is 17.2. The van der Waals surface area contributed by atoms with Crippen molar-refractivity contribution >= 4 is 17.9 Å². The van der Waals surface area contributed by atoms with Crippen LogP contribution in [0.4, 0.5) is 0 Å². The zero-order valence-corrected chi connectivity index (χ0v) is 25.8. The summed E-state index contributed by atoms with van der Waals surface area (Å²) >= 11 is 0. The first kappa shape index (κ1) is 33.5. The van der Waals surface area contributed by atoms with Crippen molar-refractivity contribution in [2.75, 3.05) is 14.2 Å². The molecule has 7 unspecified atom stereocenters. The van der Waals surface area contributed by atoms with Crippen LogP contribution in [0, 0.1) is 11.8 Å². The van der Waals surface area contributed by atoms with Gasteiger partial charge in [0.25, 0.3) is 0 Å². The molecule has 0 N–H and O–H groups in total. The lowest BCUT2D eigenvalue weighted by atomic mass is 9.89. The lowest BCUT2D eigenvalue weighted by Gasteiger charge is -2.37. The minimum absolute atomic E-state index is 0.0552. The summed E-state index contributed by atoms with van der Waals surface area (Å²) < 4.78 is 28.5. The highest BCUT2D eigenvalue weighted by atomic mass is 16.6. The minimum Gasteiger partial charge on any atom is -0.469 e. The molecule has 0 saturated carbocycles. The summed E-state index contributed by atoms with van der Waals surface area (Å²) in [6.07, 6.45) is 20.7. The van der Waals surface area contributed by atoms with E-state index in [0.29, 0.717) is 18.8 Å². The summed E-state index contributed by atoms with van der Waals surface area (Å²) in [5.41, 5.74) is 1.80. The number of methoxy groups -OCH3 is 2. The molecule has 0 spiro atoms. The van der Waals surface area contributed by atoms with E-state index in [-0.39, 0.29) is 49.0 Å². The first-order valence-corrected chi connectivity index (χ1v) is 15.2. The van der Waals surface area contributed by atoms with Crippen LogP contribution in [-0.2, 0) is 38.1 Å². The number of hydrogen-bond acceptors (Lipinski definition) is 8. The summed E-state index contributed by atoms with van der Waals surface area (Å²) in [4.78, 5) is 36.7. The standard InChI is InChI=1S/C34H48O8/c1-23(17-32(35)38-4)10-7-6-8-13-31-25(3)15-14-24(2)16-27-11-9-12-28(40-27)21-29-18-26(20-33(36)39-5)19-30(41-29)22-34(37)42-31/h6-8,10,13-15,20,24-25,27-31H,9,11-12,16-19,21-22H2,1-5H3/b7-6-,13-8+,15-14+,23-10-,26-20-. The maximum Gasteiger partial charge on any atom is 0.330 e. The van der Waals surface area contributed by atoms with Crippen molar-refractivity contribution in [3.8, 4) is 0 Å². The van der Waals surface area contributed by atoms with Gasteiger partial charge in [-0.1, -0.05) is 61.4 Å². The highest BCUT2D eigenvalue weighted by Crippen LogP contribution is 2.33. The number of fused-ring (bicyclic) bond motifs is 4. The normalized spacial score (nSPS) is 33.4. The van der Waals surface area contributed by atoms with Gasteiger partial charge >= 0.3 is 17.9 Å². The fourth-order valence-corrected chi connectivity index (χ4v) is 5.75. The highest BCUT2D eigenvalue weighted by Gasteiger charge is 2.33. The van der Waals surface area contributed by atoms with Crippen molar-refractivity contribution in [2.45, 2.75) is 109 Å². The van der Waals surface area contributed by atoms with E-state index in [1.807, 2.05) is 44.2 Å². The molecule has 42 heavy (non-hydrogen) atoms. The largest absolute Gasteiger partial charge is 0.469 e. The number of esters is 3. The van der Waals surface area contributed by atoms with E-state index >= 15 is 0 Å². The van der Waals surface area contributed by atoms with Crippen LogP contribution in [0.1, 0.15) is 78.6 Å². The van der Waals surface area contributed by atoms with E-state index in [9.17, 15) is 14.4 Å². The lowest BCUT2D eigenvalue weighted by Crippen LogP contribution is -2.37. The molecule has 3 aliphatic rings. The smallest absolute Gasteiger partial charge is 0.330 e. The van der Waals surface area contributed by atoms with Crippen molar-refractivity contribution in [3.05, 3.63) is 59.8 Å². The number of allylic oxidation sites excluding steroid dienone is 5. The van der Waals surface area contributed by atoms with E-state index in [1.54, 1.807) is 0 Å². The van der Waals surface area contributed by atoms with Gasteiger partial charge < -0.3 is 23.7 Å². The minimum atomic E-state index is -0.474. The molecule has 2 fully saturated rings. The van der Waals surface area contributed by atoms with Crippen LogP contribution in [0.15, 0.2) is 59.8 Å². The number of carbonyl (C=O) groups excluding carboxylic acids is 3. The van der Waals surface area contributed by atoms with Crippen molar-refractivity contribution in [1.29, 1.82) is 0 Å². The molecule has 8 heteroatoms. The third-order valence-corrected chi connectivity index (χ3v) is 7.96. The Kier molecular flexibility index (Phi) is 13.7. The Labute approximate surface area is 250 Å². The van der Waals surface area contributed by atoms with Crippen molar-refractivity contribution in [2.24, 2.45) is 11.8 Å². The Morgan fingerprint density at radius 1 is 0.905 bits per heavy atom. The molecule has 0 aliphatic carbocycles. The van der Waals surface area contributed by atoms with Crippen molar-refractivity contribution in [3.63, 3.8) is 0 Å². The second-order valence-corrected chi connectivity index (χ2v) is 11.8. The van der Waals surface area contributed by atoms with Gasteiger partial charge in [-0.05, 0) is 57.4 Å². The van der Waals surface area contributed by atoms with Gasteiger partial charge in [0, 0.05) is 18.4 Å². The summed E-state index contributed by atoms with van der Waals surface area (Å²) in [7, 11) is 2.74. The number of ether oxygens (including phenoxy) is 5. The Bertz CT molecular complexity index is 1070. The van der Waals surface area contributed by atoms with E-state index < -0.39 is 18.2 Å². The quantitative estimate of drug-likeness (QED) is 0.121. The second-order valence-electron chi connectivity index (χ2n) is 11.8. The van der Waals surface area contributed by atoms with Gasteiger partial charge in [-0.25, -0.2) is 4.79 Å². The molecule has 0 radical (unpaired) electrons. The van der Waals surface area contributed by atoms with E-state index in [0.717, 1.165) is 43.3 Å². The molecule has 3 rings (SSSR count). The Morgan fingerprint density at radius 2 is 1.62 bits per heavy atom. The van der Waals surface area contributed by atoms with Gasteiger partial charge in [0.15, 0.2) is 0 Å². The molecular weight excluding hydrogens is 536 g/mol. The summed E-state index contributed by atoms with van der Waals surface area (Å²) in [5, 5.41) is 0. The zero-order chi connectivity index (χ0) is 30.5. The molecule has 232 valence electrons. The van der Waals surface area contributed by atoms with E-state index in [4.69, 9.17) is 23.7 Å². The van der Waals surface area contributed by atoms with Gasteiger partial charge in [0.05, 0.1) is 51.5 Å². The number of carbonyl (C=O) groups is 3. The summed E-state index contributed by atoms with van der Waals surface area (Å²) in [6, 6.07) is 0. The van der Waals surface area contributed by atoms with Gasteiger partial charge in [0.1, 0.15) is 6.10 Å². The first-order valence-electron chi connectivity index (χ1n) is 15.2. The molecule has 0 aromatic heterocycles. The third kappa shape index (κ3) is 11.7. The molecule has 0 amide bonds. The van der Waals surface area contributed by atoms with Gasteiger partial charge in [-0.15, -0.1) is 0 Å². The van der Waals surface area contributed by atoms with Crippen LogP contribution in [0.2, 0.25) is 0 Å². The topological polar surface area (TPSA) is 97.4 Å². The fourth-order valence-electron chi connectivity index (χ4n) is 5.75. The Balaban J connectivity index is 1.80. The Morgan fingerprint density at radius 3 is 2.36 bits per heavy atom.